The van der Waals surface area contributed by atoms with E-state index < -0.39 is 5.97 Å². The Kier molecular flexibility index (Phi) is 3.99. The van der Waals surface area contributed by atoms with Crippen LogP contribution in [0.1, 0.15) is 12.2 Å². The van der Waals surface area contributed by atoms with Crippen LogP contribution in [0.3, 0.4) is 0 Å². The van der Waals surface area contributed by atoms with Gasteiger partial charge < -0.3 is 9.67 Å². The predicted molar refractivity (Wildman–Crippen MR) is 72.3 cm³/mol. The van der Waals surface area contributed by atoms with Crippen molar-refractivity contribution in [3.05, 3.63) is 40.5 Å². The molecule has 0 unspecified atom stereocenters. The molecule has 0 aliphatic rings. The summed E-state index contributed by atoms with van der Waals surface area (Å²) in [4.78, 5) is 14.9. The van der Waals surface area contributed by atoms with E-state index in [0.29, 0.717) is 22.4 Å². The van der Waals surface area contributed by atoms with Crippen molar-refractivity contribution < 1.29 is 14.3 Å². The molecule has 6 heteroatoms. The topological polar surface area (TPSA) is 55.1 Å². The number of nitrogens with zero attached hydrogens (tertiary/aromatic N) is 2. The average Bonchev–Trinajstić information content (AvgIpc) is 2.62. The molecule has 2 aromatic rings. The number of aromatic nitrogens is 2. The molecule has 0 amide bonds. The highest BCUT2D eigenvalue weighted by molar-refractivity contribution is 9.10. The Bertz CT molecular complexity index is 625. The van der Waals surface area contributed by atoms with Crippen molar-refractivity contribution >= 4 is 21.9 Å². The highest BCUT2D eigenvalue weighted by Gasteiger charge is 2.15. The number of halogens is 2. The van der Waals surface area contributed by atoms with Crippen molar-refractivity contribution in [2.24, 2.45) is 7.05 Å². The molecule has 0 saturated heterocycles. The van der Waals surface area contributed by atoms with E-state index in [4.69, 9.17) is 5.11 Å². The maximum atomic E-state index is 13.3. The molecule has 2 rings (SSSR count). The zero-order valence-corrected chi connectivity index (χ0v) is 11.8. The number of rotatable bonds is 4. The summed E-state index contributed by atoms with van der Waals surface area (Å²) in [6.07, 6.45) is 0.347. The Labute approximate surface area is 118 Å². The fourth-order valence-electron chi connectivity index (χ4n) is 1.90. The van der Waals surface area contributed by atoms with Gasteiger partial charge in [0, 0.05) is 19.0 Å². The third-order valence-corrected chi connectivity index (χ3v) is 3.36. The molecule has 0 bridgehead atoms. The lowest BCUT2D eigenvalue weighted by Crippen LogP contribution is -2.04. The van der Waals surface area contributed by atoms with Crippen LogP contribution < -0.4 is 0 Å². The van der Waals surface area contributed by atoms with Gasteiger partial charge in [-0.2, -0.15) is 0 Å². The van der Waals surface area contributed by atoms with Crippen molar-refractivity contribution in [2.75, 3.05) is 0 Å². The number of imidazole rings is 1. The number of aliphatic carboxylic acids is 1. The summed E-state index contributed by atoms with van der Waals surface area (Å²) >= 11 is 3.33. The van der Waals surface area contributed by atoms with E-state index in [2.05, 4.69) is 20.9 Å². The van der Waals surface area contributed by atoms with Crippen LogP contribution in [0.5, 0.6) is 0 Å². The maximum absolute atomic E-state index is 13.3. The molecule has 1 aromatic heterocycles. The minimum atomic E-state index is -0.869. The summed E-state index contributed by atoms with van der Waals surface area (Å²) in [5.41, 5.74) is 1.43. The molecule has 19 heavy (non-hydrogen) atoms. The first-order valence-corrected chi connectivity index (χ1v) is 6.47. The molecule has 0 spiro atoms. The predicted octanol–water partition coefficient (Wildman–Crippen LogP) is 3.01. The van der Waals surface area contributed by atoms with Gasteiger partial charge in [0.05, 0.1) is 12.1 Å². The molecule has 0 radical (unpaired) electrons. The van der Waals surface area contributed by atoms with E-state index >= 15 is 0 Å². The summed E-state index contributed by atoms with van der Waals surface area (Å²) in [5, 5.41) is 8.70. The van der Waals surface area contributed by atoms with Gasteiger partial charge in [0.2, 0.25) is 0 Å². The van der Waals surface area contributed by atoms with Crippen molar-refractivity contribution in [3.63, 3.8) is 0 Å². The number of hydrogen-bond donors (Lipinski definition) is 1. The van der Waals surface area contributed by atoms with Crippen LogP contribution >= 0.6 is 15.9 Å². The first-order chi connectivity index (χ1) is 8.99. The molecule has 1 N–H and O–H groups in total. The van der Waals surface area contributed by atoms with Crippen LogP contribution in [0.15, 0.2) is 28.9 Å². The summed E-state index contributed by atoms with van der Waals surface area (Å²) in [6, 6.07) is 6.20. The van der Waals surface area contributed by atoms with Crippen LogP contribution in [-0.4, -0.2) is 20.6 Å². The molecule has 100 valence electrons. The number of carbonyl (C=O) groups is 1. The summed E-state index contributed by atoms with van der Waals surface area (Å²) < 4.78 is 15.6. The Morgan fingerprint density at radius 2 is 2.26 bits per heavy atom. The second kappa shape index (κ2) is 5.52. The van der Waals surface area contributed by atoms with Gasteiger partial charge in [-0.3, -0.25) is 4.79 Å². The molecule has 0 saturated carbocycles. The lowest BCUT2D eigenvalue weighted by Gasteiger charge is -2.06. The van der Waals surface area contributed by atoms with Crippen molar-refractivity contribution in [3.8, 4) is 11.3 Å². The van der Waals surface area contributed by atoms with E-state index in [1.165, 1.54) is 12.1 Å². The molecule has 0 atom stereocenters. The molecule has 0 aliphatic heterocycles. The Balaban J connectivity index is 2.39. The van der Waals surface area contributed by atoms with Crippen LogP contribution in [-0.2, 0) is 18.3 Å². The second-order valence-corrected chi connectivity index (χ2v) is 4.88. The monoisotopic (exact) mass is 326 g/mol. The first-order valence-electron chi connectivity index (χ1n) is 5.68. The Morgan fingerprint density at radius 3 is 2.89 bits per heavy atom. The third-order valence-electron chi connectivity index (χ3n) is 2.81. The lowest BCUT2D eigenvalue weighted by molar-refractivity contribution is -0.137. The number of aryl methyl sites for hydroxylation is 1. The first kappa shape index (κ1) is 13.7. The van der Waals surface area contributed by atoms with Gasteiger partial charge in [-0.05, 0) is 28.1 Å². The molecule has 0 fully saturated rings. The van der Waals surface area contributed by atoms with Crippen LogP contribution in [0.25, 0.3) is 11.3 Å². The van der Waals surface area contributed by atoms with Gasteiger partial charge in [-0.25, -0.2) is 9.37 Å². The molecule has 1 heterocycles. The van der Waals surface area contributed by atoms with Gasteiger partial charge >= 0.3 is 5.97 Å². The number of benzene rings is 1. The summed E-state index contributed by atoms with van der Waals surface area (Å²) in [6.45, 7) is 0. The van der Waals surface area contributed by atoms with E-state index in [1.807, 2.05) is 0 Å². The van der Waals surface area contributed by atoms with E-state index in [9.17, 15) is 9.18 Å². The summed E-state index contributed by atoms with van der Waals surface area (Å²) in [7, 11) is 1.79. The number of hydrogen-bond acceptors (Lipinski definition) is 2. The lowest BCUT2D eigenvalue weighted by atomic mass is 10.1. The van der Waals surface area contributed by atoms with Crippen molar-refractivity contribution in [1.29, 1.82) is 0 Å². The van der Waals surface area contributed by atoms with Crippen molar-refractivity contribution in [2.45, 2.75) is 12.8 Å². The zero-order valence-electron chi connectivity index (χ0n) is 10.2. The van der Waals surface area contributed by atoms with Crippen molar-refractivity contribution in [1.82, 2.24) is 9.55 Å². The fourth-order valence-corrected chi connectivity index (χ4v) is 2.60. The second-order valence-electron chi connectivity index (χ2n) is 4.13. The molecular weight excluding hydrogens is 315 g/mol. The summed E-state index contributed by atoms with van der Waals surface area (Å²) in [5.74, 6) is -0.544. The normalized spacial score (nSPS) is 10.7. The number of carboxylic acid groups (broad SMARTS) is 1. The van der Waals surface area contributed by atoms with E-state index in [-0.39, 0.29) is 12.2 Å². The van der Waals surface area contributed by atoms with Gasteiger partial charge in [0.15, 0.2) is 0 Å². The average molecular weight is 327 g/mol. The third kappa shape index (κ3) is 3.01. The quantitative estimate of drug-likeness (QED) is 0.939. The highest BCUT2D eigenvalue weighted by Crippen LogP contribution is 2.29. The minimum absolute atomic E-state index is 0.0138. The van der Waals surface area contributed by atoms with Gasteiger partial charge in [0.1, 0.15) is 16.2 Å². The Hall–Kier alpha value is -1.69. The highest BCUT2D eigenvalue weighted by atomic mass is 79.9. The largest absolute Gasteiger partial charge is 0.481 e. The van der Waals surface area contributed by atoms with Crippen LogP contribution in [0.4, 0.5) is 4.39 Å². The van der Waals surface area contributed by atoms with Crippen LogP contribution in [0, 0.1) is 5.82 Å². The molecular formula is C13H12BrFN2O2. The van der Waals surface area contributed by atoms with Gasteiger partial charge in [-0.15, -0.1) is 0 Å². The molecule has 1 aromatic carbocycles. The fraction of sp³-hybridized carbons (Fsp3) is 0.231. The smallest absolute Gasteiger partial charge is 0.303 e. The number of carboxylic acids is 1. The Morgan fingerprint density at radius 1 is 1.53 bits per heavy atom. The maximum Gasteiger partial charge on any atom is 0.303 e. The van der Waals surface area contributed by atoms with E-state index in [0.717, 1.165) is 5.69 Å². The SMILES string of the molecule is Cn1c(CCC(=O)O)nc(Br)c1-c1cccc(F)c1. The van der Waals surface area contributed by atoms with Gasteiger partial charge in [0.25, 0.3) is 0 Å². The molecule has 4 nitrogen and oxygen atoms in total. The zero-order chi connectivity index (χ0) is 14.0. The molecule has 0 aliphatic carbocycles. The van der Waals surface area contributed by atoms with Crippen LogP contribution in [0.2, 0.25) is 0 Å². The standard InChI is InChI=1S/C13H12BrFN2O2/c1-17-10(5-6-11(18)19)16-13(14)12(17)8-3-2-4-9(15)7-8/h2-4,7H,5-6H2,1H3,(H,18,19). The van der Waals surface area contributed by atoms with E-state index in [1.54, 1.807) is 23.7 Å². The minimum Gasteiger partial charge on any atom is -0.481 e. The van der Waals surface area contributed by atoms with Gasteiger partial charge in [-0.1, -0.05) is 12.1 Å².